The Bertz CT molecular complexity index is 1460. The summed E-state index contributed by atoms with van der Waals surface area (Å²) in [4.78, 5) is 20.3. The molecular formula is C24H18F5N5O3. The van der Waals surface area contributed by atoms with Crippen LogP contribution in [0.3, 0.4) is 0 Å². The molecule has 0 unspecified atom stereocenters. The molecule has 37 heavy (non-hydrogen) atoms. The van der Waals surface area contributed by atoms with E-state index in [9.17, 15) is 26.7 Å². The summed E-state index contributed by atoms with van der Waals surface area (Å²) in [5, 5.41) is 5.07. The minimum atomic E-state index is -3.04. The van der Waals surface area contributed by atoms with E-state index in [4.69, 9.17) is 4.74 Å². The number of hydrogen-bond acceptors (Lipinski definition) is 5. The minimum absolute atomic E-state index is 0.0445. The summed E-state index contributed by atoms with van der Waals surface area (Å²) >= 11 is 0. The normalized spacial score (nSPS) is 13.6. The third-order valence-electron chi connectivity index (χ3n) is 5.54. The lowest BCUT2D eigenvalue weighted by Gasteiger charge is -2.36. The molecule has 1 aliphatic rings. The van der Waals surface area contributed by atoms with Crippen molar-refractivity contribution >= 4 is 34.1 Å². The number of amides is 2. The first-order valence-electron chi connectivity index (χ1n) is 10.9. The Labute approximate surface area is 206 Å². The summed E-state index contributed by atoms with van der Waals surface area (Å²) < 4.78 is 76.0. The van der Waals surface area contributed by atoms with Gasteiger partial charge in [0.05, 0.1) is 17.7 Å². The highest BCUT2D eigenvalue weighted by Crippen LogP contribution is 2.39. The molecule has 2 amide bonds. The molecule has 13 heteroatoms. The molecular weight excluding hydrogens is 501 g/mol. The number of ether oxygens (including phenoxy) is 2. The molecule has 0 saturated heterocycles. The second kappa shape index (κ2) is 9.56. The van der Waals surface area contributed by atoms with Gasteiger partial charge in [0.25, 0.3) is 12.3 Å². The number of anilines is 3. The first-order chi connectivity index (χ1) is 17.7. The van der Waals surface area contributed by atoms with Gasteiger partial charge in [-0.05, 0) is 48.5 Å². The van der Waals surface area contributed by atoms with E-state index >= 15 is 0 Å². The molecule has 0 atom stereocenters. The van der Waals surface area contributed by atoms with Crippen LogP contribution in [0.25, 0.3) is 10.9 Å². The van der Waals surface area contributed by atoms with Crippen LogP contribution in [0, 0.1) is 5.82 Å². The number of nitrogens with zero attached hydrogens (tertiary/aromatic N) is 5. The largest absolute Gasteiger partial charge is 0.469 e. The van der Waals surface area contributed by atoms with Gasteiger partial charge in [-0.15, -0.1) is 0 Å². The van der Waals surface area contributed by atoms with Crippen LogP contribution in [0.4, 0.5) is 43.9 Å². The van der Waals surface area contributed by atoms with Gasteiger partial charge in [-0.2, -0.15) is 18.9 Å². The molecule has 2 aromatic heterocycles. The second-order valence-electron chi connectivity index (χ2n) is 8.08. The quantitative estimate of drug-likeness (QED) is 0.296. The molecule has 4 aromatic rings. The summed E-state index contributed by atoms with van der Waals surface area (Å²) in [6.45, 7) is -4.21. The number of halogens is 5. The molecule has 0 aliphatic carbocycles. The van der Waals surface area contributed by atoms with E-state index in [0.717, 1.165) is 16.4 Å². The Morgan fingerprint density at radius 3 is 2.46 bits per heavy atom. The van der Waals surface area contributed by atoms with E-state index in [1.165, 1.54) is 29.2 Å². The number of carbonyl (C=O) groups excluding carboxylic acids is 1. The SMILES string of the molecule is Cn1cc2cc(N3Cc4cc(F)c(OCC(F)F)nc4N(c4ccc(OC(F)F)cc4)C3=O)ccc2n1. The van der Waals surface area contributed by atoms with Crippen molar-refractivity contribution < 1.29 is 36.2 Å². The number of carbonyl (C=O) groups is 1. The first-order valence-corrected chi connectivity index (χ1v) is 10.9. The van der Waals surface area contributed by atoms with Crippen molar-refractivity contribution in [2.45, 2.75) is 19.6 Å². The van der Waals surface area contributed by atoms with E-state index in [1.54, 1.807) is 36.1 Å². The lowest BCUT2D eigenvalue weighted by atomic mass is 10.1. The molecule has 3 heterocycles. The van der Waals surface area contributed by atoms with Crippen LogP contribution in [0.15, 0.2) is 54.7 Å². The highest BCUT2D eigenvalue weighted by atomic mass is 19.3. The zero-order valence-corrected chi connectivity index (χ0v) is 19.1. The Hall–Kier alpha value is -4.42. The molecule has 2 aromatic carbocycles. The fraction of sp³-hybridized carbons (Fsp3) is 0.208. The number of aromatic nitrogens is 3. The molecule has 0 saturated carbocycles. The average molecular weight is 519 g/mol. The Kier molecular flexibility index (Phi) is 6.27. The van der Waals surface area contributed by atoms with Crippen molar-refractivity contribution in [2.75, 3.05) is 16.4 Å². The number of pyridine rings is 1. The van der Waals surface area contributed by atoms with E-state index in [1.807, 2.05) is 0 Å². The number of rotatable bonds is 7. The van der Waals surface area contributed by atoms with Crippen molar-refractivity contribution in [3.8, 4) is 11.6 Å². The number of urea groups is 1. The molecule has 0 spiro atoms. The molecule has 0 N–H and O–H groups in total. The molecule has 0 radical (unpaired) electrons. The van der Waals surface area contributed by atoms with E-state index in [0.29, 0.717) is 11.2 Å². The Morgan fingerprint density at radius 1 is 1.03 bits per heavy atom. The van der Waals surface area contributed by atoms with Crippen molar-refractivity contribution in [1.82, 2.24) is 14.8 Å². The van der Waals surface area contributed by atoms with Gasteiger partial charge >= 0.3 is 12.6 Å². The third kappa shape index (κ3) is 4.84. The molecule has 192 valence electrons. The van der Waals surface area contributed by atoms with E-state index in [-0.39, 0.29) is 29.4 Å². The van der Waals surface area contributed by atoms with E-state index in [2.05, 4.69) is 14.8 Å². The maximum atomic E-state index is 14.7. The zero-order valence-electron chi connectivity index (χ0n) is 19.1. The van der Waals surface area contributed by atoms with Crippen LogP contribution in [-0.2, 0) is 13.6 Å². The van der Waals surface area contributed by atoms with Crippen molar-refractivity contribution in [3.05, 3.63) is 66.1 Å². The first kappa shape index (κ1) is 24.3. The van der Waals surface area contributed by atoms with Crippen LogP contribution in [0.1, 0.15) is 5.56 Å². The topological polar surface area (TPSA) is 72.7 Å². The maximum absolute atomic E-state index is 14.7. The van der Waals surface area contributed by atoms with Gasteiger partial charge in [0.2, 0.25) is 0 Å². The predicted molar refractivity (Wildman–Crippen MR) is 123 cm³/mol. The molecule has 8 nitrogen and oxygen atoms in total. The summed E-state index contributed by atoms with van der Waals surface area (Å²) in [5.41, 5.74) is 1.65. The van der Waals surface area contributed by atoms with Gasteiger partial charge in [-0.1, -0.05) is 0 Å². The smallest absolute Gasteiger partial charge is 0.387 e. The molecule has 5 rings (SSSR count). The lowest BCUT2D eigenvalue weighted by Crippen LogP contribution is -2.45. The predicted octanol–water partition coefficient (Wildman–Crippen LogP) is 5.63. The Morgan fingerprint density at radius 2 is 1.76 bits per heavy atom. The molecule has 0 bridgehead atoms. The van der Waals surface area contributed by atoms with Gasteiger partial charge in [0.15, 0.2) is 18.2 Å². The number of hydrogen-bond donors (Lipinski definition) is 0. The van der Waals surface area contributed by atoms with Gasteiger partial charge in [-0.3, -0.25) is 9.58 Å². The third-order valence-corrected chi connectivity index (χ3v) is 5.54. The van der Waals surface area contributed by atoms with Crippen molar-refractivity contribution in [1.29, 1.82) is 0 Å². The lowest BCUT2D eigenvalue weighted by molar-refractivity contribution is -0.0498. The summed E-state index contributed by atoms with van der Waals surface area (Å²) in [7, 11) is 1.76. The van der Waals surface area contributed by atoms with Crippen LogP contribution >= 0.6 is 0 Å². The average Bonchev–Trinajstić information content (AvgIpc) is 3.22. The fourth-order valence-corrected chi connectivity index (χ4v) is 4.02. The summed E-state index contributed by atoms with van der Waals surface area (Å²) in [5.74, 6) is -1.86. The van der Waals surface area contributed by atoms with Gasteiger partial charge in [0.1, 0.15) is 5.75 Å². The van der Waals surface area contributed by atoms with Crippen LogP contribution in [-0.4, -0.2) is 40.4 Å². The Balaban J connectivity index is 1.59. The van der Waals surface area contributed by atoms with Gasteiger partial charge in [-0.25, -0.2) is 22.9 Å². The van der Waals surface area contributed by atoms with Crippen LogP contribution < -0.4 is 19.3 Å². The van der Waals surface area contributed by atoms with Crippen LogP contribution in [0.5, 0.6) is 11.6 Å². The van der Waals surface area contributed by atoms with Crippen molar-refractivity contribution in [3.63, 3.8) is 0 Å². The number of alkyl halides is 4. The molecule has 1 aliphatic heterocycles. The maximum Gasteiger partial charge on any atom is 0.387 e. The standard InChI is InChI=1S/C24H18F5N5O3/c1-32-10-13-8-16(4-7-19(13)31-32)33-11-14-9-18(25)22(36-12-20(26)27)30-21(14)34(24(33)35)15-2-5-17(6-3-15)37-23(28)29/h2-10,20,23H,11-12H2,1H3. The number of benzene rings is 2. The highest BCUT2D eigenvalue weighted by Gasteiger charge is 2.35. The van der Waals surface area contributed by atoms with Crippen molar-refractivity contribution in [2.24, 2.45) is 7.05 Å². The molecule has 0 fully saturated rings. The number of aryl methyl sites for hydroxylation is 1. The second-order valence-corrected chi connectivity index (χ2v) is 8.08. The van der Waals surface area contributed by atoms with Gasteiger partial charge in [0, 0.05) is 29.9 Å². The monoisotopic (exact) mass is 519 g/mol. The fourth-order valence-electron chi connectivity index (χ4n) is 4.02. The summed E-state index contributed by atoms with van der Waals surface area (Å²) in [6.07, 6.45) is -1.09. The zero-order chi connectivity index (χ0) is 26.3. The summed E-state index contributed by atoms with van der Waals surface area (Å²) in [6, 6.07) is 10.8. The van der Waals surface area contributed by atoms with E-state index < -0.39 is 37.4 Å². The van der Waals surface area contributed by atoms with Gasteiger partial charge < -0.3 is 9.47 Å². The van der Waals surface area contributed by atoms with Crippen LogP contribution in [0.2, 0.25) is 0 Å². The minimum Gasteiger partial charge on any atom is -0.469 e. The highest BCUT2D eigenvalue weighted by molar-refractivity contribution is 6.10. The number of fused-ring (bicyclic) bond motifs is 2.